The van der Waals surface area contributed by atoms with Crippen LogP contribution in [0, 0.1) is 25.2 Å². The van der Waals surface area contributed by atoms with E-state index in [1.54, 1.807) is 18.3 Å². The number of amides is 1. The predicted octanol–water partition coefficient (Wildman–Crippen LogP) is 3.09. The molecule has 22 heavy (non-hydrogen) atoms. The SMILES string of the molecule is Cc1ccc(C#N)c(SCCC(=O)Nc2ncccc2C)n1. The van der Waals surface area contributed by atoms with Crippen LogP contribution in [0.4, 0.5) is 5.82 Å². The smallest absolute Gasteiger partial charge is 0.226 e. The average Bonchev–Trinajstić information content (AvgIpc) is 2.50. The number of hydrogen-bond donors (Lipinski definition) is 1. The Bertz CT molecular complexity index is 724. The lowest BCUT2D eigenvalue weighted by molar-refractivity contribution is -0.115. The largest absolute Gasteiger partial charge is 0.310 e. The Balaban J connectivity index is 1.89. The van der Waals surface area contributed by atoms with Gasteiger partial charge in [-0.25, -0.2) is 9.97 Å². The van der Waals surface area contributed by atoms with E-state index in [-0.39, 0.29) is 5.91 Å². The van der Waals surface area contributed by atoms with Gasteiger partial charge in [0.15, 0.2) is 0 Å². The van der Waals surface area contributed by atoms with Gasteiger partial charge in [0, 0.05) is 24.1 Å². The number of aromatic nitrogens is 2. The molecule has 112 valence electrons. The van der Waals surface area contributed by atoms with Crippen LogP contribution < -0.4 is 5.32 Å². The standard InChI is InChI=1S/C16H16N4OS/c1-11-4-3-8-18-15(11)20-14(21)7-9-22-16-13(10-17)6-5-12(2)19-16/h3-6,8H,7,9H2,1-2H3,(H,18,20,21). The summed E-state index contributed by atoms with van der Waals surface area (Å²) in [6.07, 6.45) is 1.98. The molecule has 0 fully saturated rings. The first-order valence-corrected chi connectivity index (χ1v) is 7.80. The van der Waals surface area contributed by atoms with E-state index < -0.39 is 0 Å². The van der Waals surface area contributed by atoms with Gasteiger partial charge < -0.3 is 5.32 Å². The van der Waals surface area contributed by atoms with Crippen molar-refractivity contribution in [3.8, 4) is 6.07 Å². The topological polar surface area (TPSA) is 78.7 Å². The number of rotatable bonds is 5. The van der Waals surface area contributed by atoms with Crippen molar-refractivity contribution in [2.45, 2.75) is 25.3 Å². The zero-order valence-electron chi connectivity index (χ0n) is 12.5. The van der Waals surface area contributed by atoms with E-state index in [4.69, 9.17) is 5.26 Å². The van der Waals surface area contributed by atoms with Gasteiger partial charge >= 0.3 is 0 Å². The van der Waals surface area contributed by atoms with E-state index in [1.807, 2.05) is 26.0 Å². The first-order valence-electron chi connectivity index (χ1n) is 6.82. The zero-order valence-corrected chi connectivity index (χ0v) is 13.3. The molecule has 0 aliphatic rings. The molecule has 2 heterocycles. The van der Waals surface area contributed by atoms with Crippen LogP contribution in [0.15, 0.2) is 35.5 Å². The lowest BCUT2D eigenvalue weighted by atomic mass is 10.3. The Labute approximate surface area is 133 Å². The second kappa shape index (κ2) is 7.57. The molecule has 0 aliphatic carbocycles. The maximum Gasteiger partial charge on any atom is 0.226 e. The van der Waals surface area contributed by atoms with Gasteiger partial charge in [-0.1, -0.05) is 6.07 Å². The molecule has 1 N–H and O–H groups in total. The third-order valence-electron chi connectivity index (χ3n) is 2.96. The van der Waals surface area contributed by atoms with Crippen molar-refractivity contribution in [3.63, 3.8) is 0 Å². The molecule has 0 aliphatic heterocycles. The Morgan fingerprint density at radius 3 is 2.91 bits per heavy atom. The van der Waals surface area contributed by atoms with Crippen LogP contribution in [-0.2, 0) is 4.79 Å². The number of nitrogens with zero attached hydrogens (tertiary/aromatic N) is 3. The van der Waals surface area contributed by atoms with Gasteiger partial charge in [-0.3, -0.25) is 4.79 Å². The number of nitrogens with one attached hydrogen (secondary N) is 1. The summed E-state index contributed by atoms with van der Waals surface area (Å²) in [7, 11) is 0. The summed E-state index contributed by atoms with van der Waals surface area (Å²) in [5.41, 5.74) is 2.32. The molecule has 0 spiro atoms. The number of pyridine rings is 2. The number of hydrogen-bond acceptors (Lipinski definition) is 5. The minimum atomic E-state index is -0.0968. The molecule has 0 radical (unpaired) electrons. The van der Waals surface area contributed by atoms with Crippen molar-refractivity contribution in [2.24, 2.45) is 0 Å². The minimum Gasteiger partial charge on any atom is -0.310 e. The molecule has 2 rings (SSSR count). The van der Waals surface area contributed by atoms with Crippen LogP contribution >= 0.6 is 11.8 Å². The van der Waals surface area contributed by atoms with Crippen LogP contribution in [0.5, 0.6) is 0 Å². The van der Waals surface area contributed by atoms with Gasteiger partial charge in [0.05, 0.1) is 5.56 Å². The fourth-order valence-electron chi connectivity index (χ4n) is 1.78. The highest BCUT2D eigenvalue weighted by molar-refractivity contribution is 7.99. The first-order chi connectivity index (χ1) is 10.6. The molecule has 2 aromatic heterocycles. The number of aryl methyl sites for hydroxylation is 2. The van der Waals surface area contributed by atoms with Crippen molar-refractivity contribution in [3.05, 3.63) is 47.3 Å². The minimum absolute atomic E-state index is 0.0968. The highest BCUT2D eigenvalue weighted by Crippen LogP contribution is 2.21. The normalized spacial score (nSPS) is 10.0. The van der Waals surface area contributed by atoms with Crippen molar-refractivity contribution in [2.75, 3.05) is 11.1 Å². The molecule has 0 saturated heterocycles. The van der Waals surface area contributed by atoms with Crippen molar-refractivity contribution < 1.29 is 4.79 Å². The molecule has 6 heteroatoms. The van der Waals surface area contributed by atoms with E-state index in [0.29, 0.717) is 28.6 Å². The predicted molar refractivity (Wildman–Crippen MR) is 86.6 cm³/mol. The maximum atomic E-state index is 11.9. The second-order valence-corrected chi connectivity index (χ2v) is 5.82. The highest BCUT2D eigenvalue weighted by Gasteiger charge is 2.08. The van der Waals surface area contributed by atoms with Crippen molar-refractivity contribution in [1.29, 1.82) is 5.26 Å². The van der Waals surface area contributed by atoms with Crippen molar-refractivity contribution in [1.82, 2.24) is 9.97 Å². The molecule has 0 unspecified atom stereocenters. The molecule has 0 bridgehead atoms. The summed E-state index contributed by atoms with van der Waals surface area (Å²) in [6.45, 7) is 3.77. The number of carbonyl (C=O) groups is 1. The van der Waals surface area contributed by atoms with E-state index in [9.17, 15) is 4.79 Å². The van der Waals surface area contributed by atoms with Crippen LogP contribution in [0.1, 0.15) is 23.2 Å². The lowest BCUT2D eigenvalue weighted by Crippen LogP contribution is -2.14. The fourth-order valence-corrected chi connectivity index (χ4v) is 2.74. The van der Waals surface area contributed by atoms with Crippen LogP contribution in [0.2, 0.25) is 0 Å². The number of thioether (sulfide) groups is 1. The summed E-state index contributed by atoms with van der Waals surface area (Å²) in [5, 5.41) is 12.5. The van der Waals surface area contributed by atoms with Gasteiger partial charge in [0.2, 0.25) is 5.91 Å². The summed E-state index contributed by atoms with van der Waals surface area (Å²) in [4.78, 5) is 20.4. The third-order valence-corrected chi connectivity index (χ3v) is 3.95. The van der Waals surface area contributed by atoms with Crippen LogP contribution in [0.3, 0.4) is 0 Å². The van der Waals surface area contributed by atoms with Gasteiger partial charge in [-0.15, -0.1) is 11.8 Å². The average molecular weight is 312 g/mol. The molecular weight excluding hydrogens is 296 g/mol. The molecule has 1 amide bonds. The van der Waals surface area contributed by atoms with Crippen LogP contribution in [-0.4, -0.2) is 21.6 Å². The van der Waals surface area contributed by atoms with Gasteiger partial charge in [-0.05, 0) is 37.6 Å². The number of nitriles is 1. The third kappa shape index (κ3) is 4.30. The molecule has 2 aromatic rings. The van der Waals surface area contributed by atoms with Crippen molar-refractivity contribution >= 4 is 23.5 Å². The highest BCUT2D eigenvalue weighted by atomic mass is 32.2. The lowest BCUT2D eigenvalue weighted by Gasteiger charge is -2.07. The monoisotopic (exact) mass is 312 g/mol. The zero-order chi connectivity index (χ0) is 15.9. The summed E-state index contributed by atoms with van der Waals surface area (Å²) in [5.74, 6) is 1.05. The Kier molecular flexibility index (Phi) is 5.50. The second-order valence-electron chi connectivity index (χ2n) is 4.73. The summed E-state index contributed by atoms with van der Waals surface area (Å²) < 4.78 is 0. The molecular formula is C16H16N4OS. The van der Waals surface area contributed by atoms with E-state index in [0.717, 1.165) is 11.3 Å². The van der Waals surface area contributed by atoms with E-state index in [2.05, 4.69) is 21.4 Å². The Hall–Kier alpha value is -2.39. The van der Waals surface area contributed by atoms with E-state index >= 15 is 0 Å². The van der Waals surface area contributed by atoms with Crippen LogP contribution in [0.25, 0.3) is 0 Å². The Morgan fingerprint density at radius 2 is 2.18 bits per heavy atom. The summed E-state index contributed by atoms with van der Waals surface area (Å²) in [6, 6.07) is 9.39. The maximum absolute atomic E-state index is 11.9. The van der Waals surface area contributed by atoms with Gasteiger partial charge in [0.25, 0.3) is 0 Å². The first kappa shape index (κ1) is 16.0. The molecule has 0 saturated carbocycles. The summed E-state index contributed by atoms with van der Waals surface area (Å²) >= 11 is 1.41. The number of carbonyl (C=O) groups excluding carboxylic acids is 1. The van der Waals surface area contributed by atoms with E-state index in [1.165, 1.54) is 11.8 Å². The Morgan fingerprint density at radius 1 is 1.36 bits per heavy atom. The molecule has 0 atom stereocenters. The van der Waals surface area contributed by atoms with Gasteiger partial charge in [0.1, 0.15) is 16.9 Å². The number of anilines is 1. The van der Waals surface area contributed by atoms with Gasteiger partial charge in [-0.2, -0.15) is 5.26 Å². The molecule has 5 nitrogen and oxygen atoms in total. The quantitative estimate of drug-likeness (QED) is 0.858. The molecule has 0 aromatic carbocycles. The fraction of sp³-hybridized carbons (Fsp3) is 0.250.